The maximum absolute atomic E-state index is 12.7. The lowest BCUT2D eigenvalue weighted by Gasteiger charge is -2.33. The summed E-state index contributed by atoms with van der Waals surface area (Å²) in [4.78, 5) is 28.4. The number of hydrogen-bond donors (Lipinski definition) is 1. The third-order valence-electron chi connectivity index (χ3n) is 4.99. The topological polar surface area (TPSA) is 53.2 Å². The monoisotopic (exact) mass is 358 g/mol. The summed E-state index contributed by atoms with van der Waals surface area (Å²) in [5.74, 6) is 0.453. The first-order chi connectivity index (χ1) is 12.0. The van der Waals surface area contributed by atoms with Crippen LogP contribution in [0.15, 0.2) is 41.3 Å². The summed E-state index contributed by atoms with van der Waals surface area (Å²) in [5, 5.41) is 0.0546. The number of carbonyl (C=O) groups excluding carboxylic acids is 1. The lowest BCUT2D eigenvalue weighted by atomic mass is 9.90. The Morgan fingerprint density at radius 3 is 2.92 bits per heavy atom. The Bertz CT molecular complexity index is 815. The maximum atomic E-state index is 12.7. The van der Waals surface area contributed by atoms with Crippen molar-refractivity contribution < 1.29 is 4.79 Å². The smallest absolute Gasteiger partial charge is 0.266 e. The van der Waals surface area contributed by atoms with E-state index >= 15 is 0 Å². The van der Waals surface area contributed by atoms with Gasteiger partial charge in [-0.3, -0.25) is 9.59 Å². The number of aromatic amines is 1. The number of amides is 1. The summed E-state index contributed by atoms with van der Waals surface area (Å²) in [5.41, 5.74) is 2.80. The Balaban J connectivity index is 1.62. The first-order valence-electron chi connectivity index (χ1n) is 8.76. The number of hydrogen-bond acceptors (Lipinski definition) is 2. The molecule has 1 aromatic heterocycles. The predicted octanol–water partition coefficient (Wildman–Crippen LogP) is 3.82. The van der Waals surface area contributed by atoms with Gasteiger partial charge in [-0.2, -0.15) is 0 Å². The van der Waals surface area contributed by atoms with Gasteiger partial charge in [0, 0.05) is 19.3 Å². The van der Waals surface area contributed by atoms with Gasteiger partial charge in [-0.1, -0.05) is 35.9 Å². The fourth-order valence-corrected chi connectivity index (χ4v) is 3.67. The molecular weight excluding hydrogens is 336 g/mol. The summed E-state index contributed by atoms with van der Waals surface area (Å²) in [6.07, 6.45) is 5.75. The van der Waals surface area contributed by atoms with E-state index in [1.54, 1.807) is 0 Å². The van der Waals surface area contributed by atoms with Crippen molar-refractivity contribution in [1.82, 2.24) is 9.88 Å². The molecule has 0 aliphatic carbocycles. The number of carbonyl (C=O) groups is 1. The molecule has 0 radical (unpaired) electrons. The summed E-state index contributed by atoms with van der Waals surface area (Å²) >= 11 is 5.84. The van der Waals surface area contributed by atoms with Crippen LogP contribution in [-0.2, 0) is 6.42 Å². The lowest BCUT2D eigenvalue weighted by molar-refractivity contribution is 0.0668. The normalized spacial score (nSPS) is 17.5. The van der Waals surface area contributed by atoms with E-state index in [-0.39, 0.29) is 16.5 Å². The zero-order valence-electron chi connectivity index (χ0n) is 14.4. The maximum Gasteiger partial charge on any atom is 0.266 e. The molecule has 3 rings (SSSR count). The molecule has 1 aliphatic heterocycles. The van der Waals surface area contributed by atoms with Crippen LogP contribution in [0.2, 0.25) is 5.02 Å². The summed E-state index contributed by atoms with van der Waals surface area (Å²) in [7, 11) is 0. The minimum Gasteiger partial charge on any atom is -0.338 e. The molecule has 132 valence electrons. The van der Waals surface area contributed by atoms with Crippen LogP contribution < -0.4 is 5.56 Å². The van der Waals surface area contributed by atoms with Crippen LogP contribution in [0.1, 0.15) is 40.7 Å². The summed E-state index contributed by atoms with van der Waals surface area (Å²) in [6.45, 7) is 3.67. The van der Waals surface area contributed by atoms with Gasteiger partial charge in [-0.05, 0) is 55.7 Å². The molecule has 0 saturated carbocycles. The molecule has 1 N–H and O–H groups in total. The molecule has 1 fully saturated rings. The van der Waals surface area contributed by atoms with Gasteiger partial charge in [-0.15, -0.1) is 0 Å². The Labute approximate surface area is 152 Å². The second kappa shape index (κ2) is 7.87. The van der Waals surface area contributed by atoms with Gasteiger partial charge in [0.2, 0.25) is 0 Å². The van der Waals surface area contributed by atoms with Crippen molar-refractivity contribution in [3.05, 3.63) is 68.6 Å². The highest BCUT2D eigenvalue weighted by Gasteiger charge is 2.24. The number of aromatic nitrogens is 1. The molecule has 1 amide bonds. The Hall–Kier alpha value is -2.07. The van der Waals surface area contributed by atoms with E-state index in [9.17, 15) is 9.59 Å². The number of aryl methyl sites for hydroxylation is 2. The van der Waals surface area contributed by atoms with E-state index in [1.807, 2.05) is 4.90 Å². The molecule has 0 unspecified atom stereocenters. The molecule has 25 heavy (non-hydrogen) atoms. The number of piperidine rings is 1. The van der Waals surface area contributed by atoms with Crippen LogP contribution in [-0.4, -0.2) is 28.9 Å². The van der Waals surface area contributed by atoms with Gasteiger partial charge in [0.1, 0.15) is 5.02 Å². The van der Waals surface area contributed by atoms with Crippen molar-refractivity contribution in [2.45, 2.75) is 32.6 Å². The van der Waals surface area contributed by atoms with Crippen molar-refractivity contribution in [1.29, 1.82) is 0 Å². The molecule has 0 bridgehead atoms. The second-order valence-corrected chi connectivity index (χ2v) is 7.20. The molecule has 1 aliphatic rings. The van der Waals surface area contributed by atoms with E-state index < -0.39 is 0 Å². The van der Waals surface area contributed by atoms with Gasteiger partial charge in [-0.25, -0.2) is 0 Å². The zero-order valence-corrected chi connectivity index (χ0v) is 15.2. The van der Waals surface area contributed by atoms with E-state index in [0.29, 0.717) is 11.5 Å². The fraction of sp³-hybridized carbons (Fsp3) is 0.400. The summed E-state index contributed by atoms with van der Waals surface area (Å²) in [6, 6.07) is 9.93. The number of nitrogens with zero attached hydrogens (tertiary/aromatic N) is 1. The molecule has 1 saturated heterocycles. The van der Waals surface area contributed by atoms with Crippen LogP contribution in [0.5, 0.6) is 0 Å². The number of pyridine rings is 1. The average molecular weight is 359 g/mol. The SMILES string of the molecule is Cc1ccccc1CC[C@H]1CCCN(C(=O)c2c[nH]c(=O)c(Cl)c2)C1. The minimum atomic E-state index is -0.368. The van der Waals surface area contributed by atoms with Crippen molar-refractivity contribution in [3.8, 4) is 0 Å². The van der Waals surface area contributed by atoms with E-state index in [2.05, 4.69) is 36.2 Å². The zero-order chi connectivity index (χ0) is 17.8. The largest absolute Gasteiger partial charge is 0.338 e. The molecule has 1 atom stereocenters. The van der Waals surface area contributed by atoms with Crippen LogP contribution in [0.3, 0.4) is 0 Å². The van der Waals surface area contributed by atoms with Crippen molar-refractivity contribution >= 4 is 17.5 Å². The number of likely N-dealkylation sites (tertiary alicyclic amines) is 1. The van der Waals surface area contributed by atoms with Crippen LogP contribution >= 0.6 is 11.6 Å². The molecule has 2 aromatic rings. The molecule has 5 heteroatoms. The minimum absolute atomic E-state index is 0.0546. The second-order valence-electron chi connectivity index (χ2n) is 6.79. The quantitative estimate of drug-likeness (QED) is 0.903. The number of H-pyrrole nitrogens is 1. The lowest BCUT2D eigenvalue weighted by Crippen LogP contribution is -2.40. The molecule has 0 spiro atoms. The number of rotatable bonds is 4. The highest BCUT2D eigenvalue weighted by Crippen LogP contribution is 2.24. The first kappa shape index (κ1) is 17.7. The van der Waals surface area contributed by atoms with Gasteiger partial charge in [0.25, 0.3) is 11.5 Å². The van der Waals surface area contributed by atoms with Gasteiger partial charge < -0.3 is 9.88 Å². The molecule has 4 nitrogen and oxygen atoms in total. The number of benzene rings is 1. The fourth-order valence-electron chi connectivity index (χ4n) is 3.50. The van der Waals surface area contributed by atoms with E-state index in [0.717, 1.165) is 38.8 Å². The van der Waals surface area contributed by atoms with Crippen molar-refractivity contribution in [2.24, 2.45) is 5.92 Å². The van der Waals surface area contributed by atoms with E-state index in [4.69, 9.17) is 11.6 Å². The Morgan fingerprint density at radius 2 is 2.16 bits per heavy atom. The van der Waals surface area contributed by atoms with Crippen LogP contribution in [0.4, 0.5) is 0 Å². The van der Waals surface area contributed by atoms with Crippen molar-refractivity contribution in [2.75, 3.05) is 13.1 Å². The highest BCUT2D eigenvalue weighted by atomic mass is 35.5. The molecule has 1 aromatic carbocycles. The molecular formula is C20H23ClN2O2. The summed E-state index contributed by atoms with van der Waals surface area (Å²) < 4.78 is 0. The number of nitrogens with one attached hydrogen (secondary N) is 1. The van der Waals surface area contributed by atoms with Crippen LogP contribution in [0.25, 0.3) is 0 Å². The third-order valence-corrected chi connectivity index (χ3v) is 5.27. The standard InChI is InChI=1S/C20H23ClN2O2/c1-14-5-2-3-7-16(14)9-8-15-6-4-10-23(13-15)20(25)17-11-18(21)19(24)22-12-17/h2-3,5,7,11-12,15H,4,6,8-10,13H2,1H3,(H,22,24)/t15-/m1/s1. The van der Waals surface area contributed by atoms with Crippen LogP contribution in [0, 0.1) is 12.8 Å². The first-order valence-corrected chi connectivity index (χ1v) is 9.14. The Kier molecular flexibility index (Phi) is 5.59. The average Bonchev–Trinajstić information content (AvgIpc) is 2.63. The highest BCUT2D eigenvalue weighted by molar-refractivity contribution is 6.30. The van der Waals surface area contributed by atoms with E-state index in [1.165, 1.54) is 23.4 Å². The molecule has 2 heterocycles. The van der Waals surface area contributed by atoms with Gasteiger partial charge in [0.15, 0.2) is 0 Å². The van der Waals surface area contributed by atoms with Crippen molar-refractivity contribution in [3.63, 3.8) is 0 Å². The Morgan fingerprint density at radius 1 is 1.36 bits per heavy atom. The van der Waals surface area contributed by atoms with Gasteiger partial charge in [0.05, 0.1) is 5.56 Å². The van der Waals surface area contributed by atoms with Gasteiger partial charge >= 0.3 is 0 Å². The number of halogens is 1. The third kappa shape index (κ3) is 4.31. The predicted molar refractivity (Wildman–Crippen MR) is 100 cm³/mol.